The van der Waals surface area contributed by atoms with E-state index in [0.717, 1.165) is 18.7 Å². The van der Waals surface area contributed by atoms with E-state index in [2.05, 4.69) is 15.6 Å². The Hall–Kier alpha value is -2.08. The molecule has 0 radical (unpaired) electrons. The average Bonchev–Trinajstić information content (AvgIpc) is 2.36. The van der Waals surface area contributed by atoms with Crippen LogP contribution in [0.4, 0.5) is 5.69 Å². The van der Waals surface area contributed by atoms with Crippen molar-refractivity contribution in [2.24, 2.45) is 5.73 Å². The summed E-state index contributed by atoms with van der Waals surface area (Å²) in [6.45, 7) is 2.45. The second-order valence-electron chi connectivity index (χ2n) is 3.66. The Balaban J connectivity index is 2.63. The molecule has 0 aliphatic heterocycles. The molecule has 0 bridgehead atoms. The van der Waals surface area contributed by atoms with Crippen LogP contribution in [0.25, 0.3) is 0 Å². The summed E-state index contributed by atoms with van der Waals surface area (Å²) in [6, 6.07) is 7.05. The van der Waals surface area contributed by atoms with Gasteiger partial charge in [-0.2, -0.15) is 0 Å². The van der Waals surface area contributed by atoms with Crippen molar-refractivity contribution in [1.82, 2.24) is 5.48 Å². The van der Waals surface area contributed by atoms with Crippen molar-refractivity contribution in [1.29, 1.82) is 0 Å². The first-order chi connectivity index (χ1) is 8.65. The molecule has 0 saturated carbocycles. The molecule has 0 aromatic heterocycles. The maximum atomic E-state index is 11.8. The van der Waals surface area contributed by atoms with Crippen molar-refractivity contribution in [2.45, 2.75) is 13.3 Å². The molecule has 0 unspecified atom stereocenters. The van der Waals surface area contributed by atoms with Crippen LogP contribution in [0.3, 0.4) is 0 Å². The molecule has 1 aromatic rings. The molecule has 0 aliphatic rings. The highest BCUT2D eigenvalue weighted by molar-refractivity contribution is 5.99. The maximum absolute atomic E-state index is 11.8. The van der Waals surface area contributed by atoms with Crippen LogP contribution in [-0.4, -0.2) is 25.0 Å². The van der Waals surface area contributed by atoms with Crippen LogP contribution in [0.2, 0.25) is 0 Å². The average molecular weight is 251 g/mol. The molecule has 1 aromatic carbocycles. The van der Waals surface area contributed by atoms with Crippen molar-refractivity contribution in [3.05, 3.63) is 29.8 Å². The number of carbonyl (C=O) groups is 2. The van der Waals surface area contributed by atoms with E-state index in [0.29, 0.717) is 5.56 Å². The minimum absolute atomic E-state index is 0.351. The van der Waals surface area contributed by atoms with Crippen LogP contribution in [-0.2, 0) is 9.63 Å². The minimum atomic E-state index is -0.646. The number of primary amides is 1. The molecular weight excluding hydrogens is 234 g/mol. The first kappa shape index (κ1) is 14.0. The molecule has 0 heterocycles. The fraction of sp³-hybridized carbons (Fsp3) is 0.333. The highest BCUT2D eigenvalue weighted by atomic mass is 16.7. The standard InChI is InChI=1S/C12H17N3O3/c1-2-7-14-10-6-4-3-5-9(10)12(17)15-18-8-11(13)16/h3-6,14H,2,7-8H2,1H3,(H2,13,16)(H,15,17). The third-order valence-corrected chi connectivity index (χ3v) is 2.12. The normalized spacial score (nSPS) is 9.83. The molecule has 4 N–H and O–H groups in total. The first-order valence-electron chi connectivity index (χ1n) is 5.68. The van der Waals surface area contributed by atoms with Gasteiger partial charge in [0, 0.05) is 12.2 Å². The predicted octanol–water partition coefficient (Wildman–Crippen LogP) is 0.655. The zero-order valence-corrected chi connectivity index (χ0v) is 10.2. The van der Waals surface area contributed by atoms with Crippen LogP contribution in [0, 0.1) is 0 Å². The summed E-state index contributed by atoms with van der Waals surface area (Å²) >= 11 is 0. The molecule has 1 rings (SSSR count). The number of anilines is 1. The van der Waals surface area contributed by atoms with Crippen LogP contribution >= 0.6 is 0 Å². The number of nitrogens with two attached hydrogens (primary N) is 1. The van der Waals surface area contributed by atoms with Gasteiger partial charge in [-0.3, -0.25) is 14.4 Å². The topological polar surface area (TPSA) is 93.4 Å². The van der Waals surface area contributed by atoms with E-state index in [1.165, 1.54) is 0 Å². The molecule has 0 atom stereocenters. The highest BCUT2D eigenvalue weighted by Gasteiger charge is 2.10. The number of para-hydroxylation sites is 1. The van der Waals surface area contributed by atoms with E-state index in [4.69, 9.17) is 5.73 Å². The van der Waals surface area contributed by atoms with E-state index in [-0.39, 0.29) is 6.61 Å². The van der Waals surface area contributed by atoms with Gasteiger partial charge in [0.1, 0.15) is 0 Å². The molecule has 0 saturated heterocycles. The summed E-state index contributed by atoms with van der Waals surface area (Å²) in [5.41, 5.74) is 8.23. The number of amides is 2. The molecule has 18 heavy (non-hydrogen) atoms. The van der Waals surface area contributed by atoms with Gasteiger partial charge in [-0.05, 0) is 18.6 Å². The maximum Gasteiger partial charge on any atom is 0.276 e. The largest absolute Gasteiger partial charge is 0.384 e. The summed E-state index contributed by atoms with van der Waals surface area (Å²) in [5, 5.41) is 3.14. The molecule has 98 valence electrons. The van der Waals surface area contributed by atoms with Crippen LogP contribution in [0.15, 0.2) is 24.3 Å². The summed E-state index contributed by atoms with van der Waals surface area (Å²) in [7, 11) is 0. The Morgan fingerprint density at radius 3 is 2.72 bits per heavy atom. The van der Waals surface area contributed by atoms with Crippen LogP contribution in [0.1, 0.15) is 23.7 Å². The SMILES string of the molecule is CCCNc1ccccc1C(=O)NOCC(N)=O. The van der Waals surface area contributed by atoms with Gasteiger partial charge in [0.15, 0.2) is 6.61 Å². The van der Waals surface area contributed by atoms with E-state index >= 15 is 0 Å². The number of benzene rings is 1. The lowest BCUT2D eigenvalue weighted by molar-refractivity contribution is -0.124. The van der Waals surface area contributed by atoms with Crippen molar-refractivity contribution in [3.8, 4) is 0 Å². The minimum Gasteiger partial charge on any atom is -0.384 e. The lowest BCUT2D eigenvalue weighted by atomic mass is 10.1. The van der Waals surface area contributed by atoms with Gasteiger partial charge in [0.25, 0.3) is 5.91 Å². The van der Waals surface area contributed by atoms with Crippen molar-refractivity contribution >= 4 is 17.5 Å². The van der Waals surface area contributed by atoms with Gasteiger partial charge in [0.2, 0.25) is 5.91 Å². The Bertz CT molecular complexity index is 421. The third-order valence-electron chi connectivity index (χ3n) is 2.12. The zero-order chi connectivity index (χ0) is 13.4. The second-order valence-corrected chi connectivity index (χ2v) is 3.66. The molecule has 0 spiro atoms. The van der Waals surface area contributed by atoms with Gasteiger partial charge in [-0.15, -0.1) is 0 Å². The summed E-state index contributed by atoms with van der Waals surface area (Å²) in [5.74, 6) is -1.07. The second kappa shape index (κ2) is 7.29. The van der Waals surface area contributed by atoms with Gasteiger partial charge in [0.05, 0.1) is 5.56 Å². The molecule has 6 heteroatoms. The zero-order valence-electron chi connectivity index (χ0n) is 10.2. The molecule has 2 amide bonds. The van der Waals surface area contributed by atoms with Crippen molar-refractivity contribution in [3.63, 3.8) is 0 Å². The Labute approximate surface area is 105 Å². The number of hydrogen-bond donors (Lipinski definition) is 3. The van der Waals surface area contributed by atoms with Crippen LogP contribution in [0.5, 0.6) is 0 Å². The van der Waals surface area contributed by atoms with Crippen molar-refractivity contribution < 1.29 is 14.4 Å². The first-order valence-corrected chi connectivity index (χ1v) is 5.68. The number of hydrogen-bond acceptors (Lipinski definition) is 4. The number of nitrogens with one attached hydrogen (secondary N) is 2. The fourth-order valence-electron chi connectivity index (χ4n) is 1.32. The molecular formula is C12H17N3O3. The number of rotatable bonds is 7. The third kappa shape index (κ3) is 4.42. The summed E-state index contributed by atoms with van der Waals surface area (Å²) < 4.78 is 0. The van der Waals surface area contributed by atoms with E-state index in [9.17, 15) is 9.59 Å². The highest BCUT2D eigenvalue weighted by Crippen LogP contribution is 2.14. The quantitative estimate of drug-likeness (QED) is 0.620. The van der Waals surface area contributed by atoms with Gasteiger partial charge >= 0.3 is 0 Å². The lowest BCUT2D eigenvalue weighted by Gasteiger charge is -2.11. The van der Waals surface area contributed by atoms with E-state index in [1.54, 1.807) is 18.2 Å². The van der Waals surface area contributed by atoms with Crippen molar-refractivity contribution in [2.75, 3.05) is 18.5 Å². The summed E-state index contributed by atoms with van der Waals surface area (Å²) in [6.07, 6.45) is 0.953. The molecule has 0 aliphatic carbocycles. The summed E-state index contributed by atoms with van der Waals surface area (Å²) in [4.78, 5) is 26.9. The lowest BCUT2D eigenvalue weighted by Crippen LogP contribution is -2.29. The number of hydroxylamine groups is 1. The van der Waals surface area contributed by atoms with Gasteiger partial charge < -0.3 is 11.1 Å². The predicted molar refractivity (Wildman–Crippen MR) is 67.8 cm³/mol. The van der Waals surface area contributed by atoms with Gasteiger partial charge in [-0.25, -0.2) is 5.48 Å². The fourth-order valence-corrected chi connectivity index (χ4v) is 1.32. The van der Waals surface area contributed by atoms with E-state index < -0.39 is 11.8 Å². The molecule has 6 nitrogen and oxygen atoms in total. The van der Waals surface area contributed by atoms with Gasteiger partial charge in [-0.1, -0.05) is 19.1 Å². The molecule has 0 fully saturated rings. The Kier molecular flexibility index (Phi) is 5.66. The Morgan fingerprint density at radius 2 is 2.06 bits per heavy atom. The smallest absolute Gasteiger partial charge is 0.276 e. The van der Waals surface area contributed by atoms with Crippen LogP contribution < -0.4 is 16.5 Å². The van der Waals surface area contributed by atoms with E-state index in [1.807, 2.05) is 13.0 Å². The number of carbonyl (C=O) groups excluding carboxylic acids is 2. The Morgan fingerprint density at radius 1 is 1.33 bits per heavy atom. The monoisotopic (exact) mass is 251 g/mol.